The molecular weight excluding hydrogens is 195 g/mol. The summed E-state index contributed by atoms with van der Waals surface area (Å²) < 4.78 is 36.5. The van der Waals surface area contributed by atoms with E-state index in [-0.39, 0.29) is 19.2 Å². The van der Waals surface area contributed by atoms with Crippen LogP contribution in [0, 0.1) is 0 Å². The van der Waals surface area contributed by atoms with Crippen LogP contribution in [0.5, 0.6) is 0 Å². The first kappa shape index (κ1) is 11.8. The molecule has 0 heterocycles. The summed E-state index contributed by atoms with van der Waals surface area (Å²) in [6, 6.07) is 0.0174. The molecule has 0 spiro atoms. The lowest BCUT2D eigenvalue weighted by Crippen LogP contribution is -2.42. The molecule has 0 radical (unpaired) electrons. The molecule has 1 rings (SSSR count). The normalized spacial score (nSPS) is 19.5. The van der Waals surface area contributed by atoms with E-state index in [4.69, 9.17) is 5.11 Å². The van der Waals surface area contributed by atoms with Crippen molar-refractivity contribution >= 4 is 0 Å². The average Bonchev–Trinajstić information content (AvgIpc) is 2.52. The maximum atomic E-state index is 12.2. The lowest BCUT2D eigenvalue weighted by molar-refractivity contribution is -0.151. The summed E-state index contributed by atoms with van der Waals surface area (Å²) in [5.41, 5.74) is 0. The third kappa shape index (κ3) is 3.84. The van der Waals surface area contributed by atoms with E-state index in [1.54, 1.807) is 0 Å². The van der Waals surface area contributed by atoms with Crippen LogP contribution in [0.15, 0.2) is 0 Å². The van der Waals surface area contributed by atoms with E-state index in [9.17, 15) is 13.2 Å². The van der Waals surface area contributed by atoms with Gasteiger partial charge in [-0.3, -0.25) is 4.90 Å². The quantitative estimate of drug-likeness (QED) is 0.766. The summed E-state index contributed by atoms with van der Waals surface area (Å²) in [5.74, 6) is 0. The van der Waals surface area contributed by atoms with Crippen molar-refractivity contribution in [3.63, 3.8) is 0 Å². The van der Waals surface area contributed by atoms with E-state index in [1.807, 2.05) is 0 Å². The Labute approximate surface area is 81.7 Å². The van der Waals surface area contributed by atoms with Gasteiger partial charge in [-0.2, -0.15) is 13.2 Å². The average molecular weight is 211 g/mol. The molecule has 1 saturated carbocycles. The Hall–Kier alpha value is -0.290. The summed E-state index contributed by atoms with van der Waals surface area (Å²) in [4.78, 5) is 1.35. The molecule has 2 nitrogen and oxygen atoms in total. The van der Waals surface area contributed by atoms with Gasteiger partial charge in [0, 0.05) is 12.6 Å². The highest BCUT2D eigenvalue weighted by Gasteiger charge is 2.34. The molecule has 0 amide bonds. The first-order chi connectivity index (χ1) is 6.53. The van der Waals surface area contributed by atoms with Crippen LogP contribution in [0.1, 0.15) is 25.7 Å². The first-order valence-corrected chi connectivity index (χ1v) is 4.94. The van der Waals surface area contributed by atoms with Gasteiger partial charge in [-0.25, -0.2) is 0 Å². The van der Waals surface area contributed by atoms with Gasteiger partial charge in [0.05, 0.1) is 13.2 Å². The molecule has 0 aromatic heterocycles. The fourth-order valence-electron chi connectivity index (χ4n) is 2.02. The molecule has 0 aromatic carbocycles. The molecule has 0 saturated heterocycles. The number of alkyl halides is 3. The Bertz CT molecular complexity index is 166. The van der Waals surface area contributed by atoms with Crippen molar-refractivity contribution < 1.29 is 18.3 Å². The largest absolute Gasteiger partial charge is 0.401 e. The van der Waals surface area contributed by atoms with Gasteiger partial charge in [0.1, 0.15) is 0 Å². The number of rotatable bonds is 4. The molecule has 0 aliphatic heterocycles. The van der Waals surface area contributed by atoms with Crippen molar-refractivity contribution in [3.8, 4) is 0 Å². The van der Waals surface area contributed by atoms with E-state index in [2.05, 4.69) is 0 Å². The van der Waals surface area contributed by atoms with Crippen LogP contribution in [-0.4, -0.2) is 41.9 Å². The van der Waals surface area contributed by atoms with Gasteiger partial charge in [0.2, 0.25) is 0 Å². The van der Waals surface area contributed by atoms with Crippen molar-refractivity contribution in [1.82, 2.24) is 4.90 Å². The van der Waals surface area contributed by atoms with E-state index in [0.717, 1.165) is 25.7 Å². The molecule has 0 atom stereocenters. The van der Waals surface area contributed by atoms with Gasteiger partial charge in [0.25, 0.3) is 0 Å². The monoisotopic (exact) mass is 211 g/mol. The van der Waals surface area contributed by atoms with Crippen molar-refractivity contribution in [2.75, 3.05) is 19.7 Å². The van der Waals surface area contributed by atoms with Crippen LogP contribution in [0.3, 0.4) is 0 Å². The second-order valence-corrected chi connectivity index (χ2v) is 3.75. The molecule has 14 heavy (non-hydrogen) atoms. The zero-order chi connectivity index (χ0) is 10.6. The van der Waals surface area contributed by atoms with Crippen LogP contribution in [0.25, 0.3) is 0 Å². The minimum atomic E-state index is -4.16. The molecule has 1 N–H and O–H groups in total. The Morgan fingerprint density at radius 3 is 2.21 bits per heavy atom. The van der Waals surface area contributed by atoms with Crippen molar-refractivity contribution in [3.05, 3.63) is 0 Å². The molecule has 1 fully saturated rings. The SMILES string of the molecule is OCCN(CC(F)(F)F)C1CCCC1. The zero-order valence-corrected chi connectivity index (χ0v) is 8.06. The molecule has 0 bridgehead atoms. The van der Waals surface area contributed by atoms with Crippen LogP contribution >= 0.6 is 0 Å². The molecule has 0 aromatic rings. The highest BCUT2D eigenvalue weighted by molar-refractivity contribution is 4.78. The Kier molecular flexibility index (Phi) is 4.19. The molecule has 0 unspecified atom stereocenters. The first-order valence-electron chi connectivity index (χ1n) is 4.94. The molecule has 1 aliphatic rings. The van der Waals surface area contributed by atoms with Gasteiger partial charge in [0.15, 0.2) is 0 Å². The maximum absolute atomic E-state index is 12.2. The van der Waals surface area contributed by atoms with Gasteiger partial charge in [-0.15, -0.1) is 0 Å². The summed E-state index contributed by atoms with van der Waals surface area (Å²) in [7, 11) is 0. The second-order valence-electron chi connectivity index (χ2n) is 3.75. The molecule has 1 aliphatic carbocycles. The zero-order valence-electron chi connectivity index (χ0n) is 8.06. The minimum Gasteiger partial charge on any atom is -0.395 e. The molecule has 5 heteroatoms. The second kappa shape index (κ2) is 4.98. The summed E-state index contributed by atoms with van der Waals surface area (Å²) in [6.07, 6.45) is -0.487. The van der Waals surface area contributed by atoms with E-state index in [1.165, 1.54) is 4.90 Å². The number of nitrogens with zero attached hydrogens (tertiary/aromatic N) is 1. The Morgan fingerprint density at radius 2 is 1.79 bits per heavy atom. The van der Waals surface area contributed by atoms with Crippen LogP contribution < -0.4 is 0 Å². The fraction of sp³-hybridized carbons (Fsp3) is 1.00. The highest BCUT2D eigenvalue weighted by Crippen LogP contribution is 2.26. The third-order valence-corrected chi connectivity index (χ3v) is 2.61. The minimum absolute atomic E-state index is 0.0174. The Morgan fingerprint density at radius 1 is 1.21 bits per heavy atom. The number of aliphatic hydroxyl groups is 1. The number of hydrogen-bond donors (Lipinski definition) is 1. The van der Waals surface area contributed by atoms with Gasteiger partial charge < -0.3 is 5.11 Å². The fourth-order valence-corrected chi connectivity index (χ4v) is 2.02. The molecule has 84 valence electrons. The summed E-state index contributed by atoms with van der Waals surface area (Å²) >= 11 is 0. The Balaban J connectivity index is 2.45. The van der Waals surface area contributed by atoms with Crippen LogP contribution in [-0.2, 0) is 0 Å². The van der Waals surface area contributed by atoms with E-state index >= 15 is 0 Å². The topological polar surface area (TPSA) is 23.5 Å². The lowest BCUT2D eigenvalue weighted by Gasteiger charge is -2.28. The van der Waals surface area contributed by atoms with E-state index in [0.29, 0.717) is 0 Å². The van der Waals surface area contributed by atoms with Crippen molar-refractivity contribution in [1.29, 1.82) is 0 Å². The maximum Gasteiger partial charge on any atom is 0.401 e. The lowest BCUT2D eigenvalue weighted by atomic mass is 10.2. The van der Waals surface area contributed by atoms with Crippen LogP contribution in [0.2, 0.25) is 0 Å². The van der Waals surface area contributed by atoms with Crippen molar-refractivity contribution in [2.24, 2.45) is 0 Å². The number of hydrogen-bond acceptors (Lipinski definition) is 2. The van der Waals surface area contributed by atoms with Gasteiger partial charge in [-0.1, -0.05) is 12.8 Å². The molecular formula is C9H16F3NO. The smallest absolute Gasteiger partial charge is 0.395 e. The van der Waals surface area contributed by atoms with Crippen LogP contribution in [0.4, 0.5) is 13.2 Å². The highest BCUT2D eigenvalue weighted by atomic mass is 19.4. The summed E-state index contributed by atoms with van der Waals surface area (Å²) in [6.45, 7) is -0.963. The van der Waals surface area contributed by atoms with Gasteiger partial charge >= 0.3 is 6.18 Å². The summed E-state index contributed by atoms with van der Waals surface area (Å²) in [5, 5.41) is 8.68. The predicted molar refractivity (Wildman–Crippen MR) is 47.0 cm³/mol. The standard InChI is InChI=1S/C9H16F3NO/c10-9(11,12)7-13(5-6-14)8-3-1-2-4-8/h8,14H,1-7H2. The van der Waals surface area contributed by atoms with Gasteiger partial charge in [-0.05, 0) is 12.8 Å². The predicted octanol–water partition coefficient (Wildman–Crippen LogP) is 1.79. The number of halogens is 3. The third-order valence-electron chi connectivity index (χ3n) is 2.61. The van der Waals surface area contributed by atoms with E-state index < -0.39 is 12.7 Å². The van der Waals surface area contributed by atoms with Crippen molar-refractivity contribution in [2.45, 2.75) is 37.9 Å². The number of aliphatic hydroxyl groups excluding tert-OH is 1.